The Kier molecular flexibility index (Phi) is 2.55. The fourth-order valence-corrected chi connectivity index (χ4v) is 0.946. The molecule has 9 heavy (non-hydrogen) atoms. The Morgan fingerprint density at radius 3 is 2.89 bits per heavy atom. The molecule has 1 rings (SSSR count). The van der Waals surface area contributed by atoms with Crippen molar-refractivity contribution in [3.63, 3.8) is 0 Å². The van der Waals surface area contributed by atoms with Crippen molar-refractivity contribution in [1.29, 1.82) is 0 Å². The van der Waals surface area contributed by atoms with Crippen molar-refractivity contribution >= 4 is 7.12 Å². The summed E-state index contributed by atoms with van der Waals surface area (Å²) < 4.78 is 10.7. The Labute approximate surface area is 56.7 Å². The van der Waals surface area contributed by atoms with Gasteiger partial charge in [-0.2, -0.15) is 0 Å². The van der Waals surface area contributed by atoms with Gasteiger partial charge in [-0.05, 0) is 19.7 Å². The van der Waals surface area contributed by atoms with Gasteiger partial charge in [-0.25, -0.2) is 0 Å². The lowest BCUT2D eigenvalue weighted by Crippen LogP contribution is -2.33. The summed E-state index contributed by atoms with van der Waals surface area (Å²) in [4.78, 5) is 0. The van der Waals surface area contributed by atoms with Crippen LogP contribution in [0.2, 0.25) is 6.32 Å². The SMILES string of the molecule is CCB1OCC[C@@H](C)O1. The van der Waals surface area contributed by atoms with Gasteiger partial charge >= 0.3 is 7.12 Å². The van der Waals surface area contributed by atoms with Crippen LogP contribution in [-0.2, 0) is 9.31 Å². The van der Waals surface area contributed by atoms with E-state index in [1.165, 1.54) is 0 Å². The fraction of sp³-hybridized carbons (Fsp3) is 1.00. The first-order valence-corrected chi connectivity index (χ1v) is 3.60. The molecule has 1 aliphatic heterocycles. The van der Waals surface area contributed by atoms with E-state index >= 15 is 0 Å². The molecule has 0 bridgehead atoms. The van der Waals surface area contributed by atoms with Gasteiger partial charge in [0.1, 0.15) is 0 Å². The molecule has 1 heterocycles. The Morgan fingerprint density at radius 2 is 2.44 bits per heavy atom. The number of hydrogen-bond donors (Lipinski definition) is 0. The van der Waals surface area contributed by atoms with E-state index < -0.39 is 0 Å². The highest BCUT2D eigenvalue weighted by atomic mass is 16.6. The van der Waals surface area contributed by atoms with Crippen molar-refractivity contribution < 1.29 is 9.31 Å². The Hall–Kier alpha value is -0.0151. The monoisotopic (exact) mass is 128 g/mol. The fourth-order valence-electron chi connectivity index (χ4n) is 0.946. The first-order chi connectivity index (χ1) is 4.33. The second-order valence-corrected chi connectivity index (χ2v) is 2.44. The summed E-state index contributed by atoms with van der Waals surface area (Å²) in [5.41, 5.74) is 0. The van der Waals surface area contributed by atoms with Gasteiger partial charge < -0.3 is 9.31 Å². The molecule has 1 saturated heterocycles. The van der Waals surface area contributed by atoms with Crippen molar-refractivity contribution in [2.75, 3.05) is 6.61 Å². The summed E-state index contributed by atoms with van der Waals surface area (Å²) in [6.07, 6.45) is 2.39. The molecule has 52 valence electrons. The third kappa shape index (κ3) is 1.99. The van der Waals surface area contributed by atoms with Crippen molar-refractivity contribution in [3.8, 4) is 0 Å². The number of rotatable bonds is 1. The first kappa shape index (κ1) is 7.10. The predicted molar refractivity (Wildman–Crippen MR) is 37.4 cm³/mol. The maximum Gasteiger partial charge on any atom is 0.456 e. The van der Waals surface area contributed by atoms with Crippen LogP contribution in [0.25, 0.3) is 0 Å². The van der Waals surface area contributed by atoms with Gasteiger partial charge in [0, 0.05) is 12.7 Å². The summed E-state index contributed by atoms with van der Waals surface area (Å²) >= 11 is 0. The van der Waals surface area contributed by atoms with Gasteiger partial charge in [0.05, 0.1) is 0 Å². The van der Waals surface area contributed by atoms with E-state index in [0.29, 0.717) is 6.10 Å². The molecule has 0 saturated carbocycles. The summed E-state index contributed by atoms with van der Waals surface area (Å²) in [6.45, 7) is 5.02. The third-order valence-electron chi connectivity index (χ3n) is 1.55. The summed E-state index contributed by atoms with van der Waals surface area (Å²) in [5, 5.41) is 0. The quantitative estimate of drug-likeness (QED) is 0.495. The molecule has 2 nitrogen and oxygen atoms in total. The molecule has 0 aromatic rings. The third-order valence-corrected chi connectivity index (χ3v) is 1.55. The number of hydrogen-bond acceptors (Lipinski definition) is 2. The Balaban J connectivity index is 2.23. The molecule has 3 heteroatoms. The van der Waals surface area contributed by atoms with Crippen LogP contribution in [0.4, 0.5) is 0 Å². The zero-order valence-electron chi connectivity index (χ0n) is 6.09. The van der Waals surface area contributed by atoms with E-state index in [1.54, 1.807) is 0 Å². The maximum atomic E-state index is 5.41. The minimum atomic E-state index is 0.0637. The maximum absolute atomic E-state index is 5.41. The predicted octanol–water partition coefficient (Wildman–Crippen LogP) is 1.32. The molecule has 0 aliphatic carbocycles. The minimum absolute atomic E-state index is 0.0637. The van der Waals surface area contributed by atoms with Gasteiger partial charge in [-0.15, -0.1) is 0 Å². The highest BCUT2D eigenvalue weighted by Gasteiger charge is 2.22. The van der Waals surface area contributed by atoms with Gasteiger partial charge in [0.25, 0.3) is 0 Å². The molecule has 0 N–H and O–H groups in total. The first-order valence-electron chi connectivity index (χ1n) is 3.60. The van der Waals surface area contributed by atoms with Gasteiger partial charge in [0.2, 0.25) is 0 Å². The molecular weight excluding hydrogens is 115 g/mol. The molecule has 0 amide bonds. The van der Waals surface area contributed by atoms with Crippen LogP contribution in [0.3, 0.4) is 0 Å². The average molecular weight is 128 g/mol. The van der Waals surface area contributed by atoms with Gasteiger partial charge in [-0.3, -0.25) is 0 Å². The van der Waals surface area contributed by atoms with Gasteiger partial charge in [0.15, 0.2) is 0 Å². The highest BCUT2D eigenvalue weighted by Crippen LogP contribution is 2.10. The largest absolute Gasteiger partial charge is 0.456 e. The molecule has 0 aromatic heterocycles. The molecule has 0 unspecified atom stereocenters. The topological polar surface area (TPSA) is 18.5 Å². The van der Waals surface area contributed by atoms with Crippen LogP contribution in [0.1, 0.15) is 20.3 Å². The smallest absolute Gasteiger partial charge is 0.411 e. The zero-order valence-corrected chi connectivity index (χ0v) is 6.09. The summed E-state index contributed by atoms with van der Waals surface area (Å²) in [6, 6.07) is 0. The summed E-state index contributed by atoms with van der Waals surface area (Å²) in [7, 11) is 0.0637. The van der Waals surface area contributed by atoms with E-state index in [4.69, 9.17) is 9.31 Å². The molecule has 0 aromatic carbocycles. The van der Waals surface area contributed by atoms with Crippen LogP contribution >= 0.6 is 0 Å². The lowest BCUT2D eigenvalue weighted by Gasteiger charge is -2.24. The van der Waals surface area contributed by atoms with E-state index in [-0.39, 0.29) is 7.12 Å². The second-order valence-electron chi connectivity index (χ2n) is 2.44. The molecular formula is C6H13BO2. The average Bonchev–Trinajstić information content (AvgIpc) is 1.88. The lowest BCUT2D eigenvalue weighted by atomic mass is 9.84. The Bertz CT molecular complexity index is 87.1. The molecule has 1 fully saturated rings. The van der Waals surface area contributed by atoms with Crippen molar-refractivity contribution in [3.05, 3.63) is 0 Å². The molecule has 1 atom stereocenters. The van der Waals surface area contributed by atoms with E-state index in [9.17, 15) is 0 Å². The van der Waals surface area contributed by atoms with Crippen LogP contribution < -0.4 is 0 Å². The second kappa shape index (κ2) is 3.23. The zero-order chi connectivity index (χ0) is 6.69. The van der Waals surface area contributed by atoms with Gasteiger partial charge in [-0.1, -0.05) is 6.92 Å². The molecule has 0 spiro atoms. The van der Waals surface area contributed by atoms with Crippen molar-refractivity contribution in [2.45, 2.75) is 32.7 Å². The Morgan fingerprint density at radius 1 is 1.67 bits per heavy atom. The highest BCUT2D eigenvalue weighted by molar-refractivity contribution is 6.44. The van der Waals surface area contributed by atoms with Crippen molar-refractivity contribution in [2.24, 2.45) is 0 Å². The van der Waals surface area contributed by atoms with Crippen LogP contribution in [0, 0.1) is 0 Å². The van der Waals surface area contributed by atoms with Crippen LogP contribution in [0.5, 0.6) is 0 Å². The normalized spacial score (nSPS) is 28.7. The molecule has 1 aliphatic rings. The standard InChI is InChI=1S/C6H13BO2/c1-3-7-8-5-4-6(2)9-7/h6H,3-5H2,1-2H3/t6-/m1/s1. The minimum Gasteiger partial charge on any atom is -0.411 e. The lowest BCUT2D eigenvalue weighted by molar-refractivity contribution is 0.0789. The van der Waals surface area contributed by atoms with Crippen LogP contribution in [0.15, 0.2) is 0 Å². The van der Waals surface area contributed by atoms with Crippen molar-refractivity contribution in [1.82, 2.24) is 0 Å². The van der Waals surface area contributed by atoms with E-state index in [2.05, 4.69) is 13.8 Å². The molecule has 0 radical (unpaired) electrons. The van der Waals surface area contributed by atoms with E-state index in [1.807, 2.05) is 0 Å². The van der Waals surface area contributed by atoms with E-state index in [0.717, 1.165) is 19.3 Å². The van der Waals surface area contributed by atoms with Crippen LogP contribution in [-0.4, -0.2) is 19.8 Å². The summed E-state index contributed by atoms with van der Waals surface area (Å²) in [5.74, 6) is 0.